The standard InChI is InChI=1S/C14H17Cl2NO/c1-3-7-17-8-12-9(4-2)13-10(15)5-6-11(16)14(13)18-12/h5-6,17H,3-4,7-8H2,1-2H3. The zero-order valence-corrected chi connectivity index (χ0v) is 12.2. The molecule has 18 heavy (non-hydrogen) atoms. The summed E-state index contributed by atoms with van der Waals surface area (Å²) >= 11 is 12.4. The van der Waals surface area contributed by atoms with Crippen LogP contribution in [0.15, 0.2) is 16.5 Å². The topological polar surface area (TPSA) is 25.2 Å². The predicted octanol–water partition coefficient (Wildman–Crippen LogP) is 4.80. The van der Waals surface area contributed by atoms with Gasteiger partial charge in [-0.2, -0.15) is 0 Å². The molecule has 0 aliphatic rings. The first-order valence-corrected chi connectivity index (χ1v) is 7.03. The first-order valence-electron chi connectivity index (χ1n) is 6.28. The van der Waals surface area contributed by atoms with E-state index in [2.05, 4.69) is 19.2 Å². The second-order valence-electron chi connectivity index (χ2n) is 4.27. The summed E-state index contributed by atoms with van der Waals surface area (Å²) in [5, 5.41) is 5.63. The van der Waals surface area contributed by atoms with Gasteiger partial charge in [-0.05, 0) is 31.5 Å². The minimum absolute atomic E-state index is 0.617. The largest absolute Gasteiger partial charge is 0.458 e. The Balaban J connectivity index is 2.47. The summed E-state index contributed by atoms with van der Waals surface area (Å²) < 4.78 is 5.87. The van der Waals surface area contributed by atoms with Crippen LogP contribution in [0.3, 0.4) is 0 Å². The van der Waals surface area contributed by atoms with E-state index in [1.54, 1.807) is 6.07 Å². The van der Waals surface area contributed by atoms with Crippen LogP contribution in [0.25, 0.3) is 11.0 Å². The Kier molecular flexibility index (Phi) is 4.55. The molecule has 0 saturated heterocycles. The van der Waals surface area contributed by atoms with Crippen LogP contribution in [-0.4, -0.2) is 6.54 Å². The zero-order valence-electron chi connectivity index (χ0n) is 10.6. The molecule has 1 N–H and O–H groups in total. The van der Waals surface area contributed by atoms with E-state index in [0.29, 0.717) is 15.6 Å². The van der Waals surface area contributed by atoms with Crippen LogP contribution in [0.4, 0.5) is 0 Å². The molecule has 2 nitrogen and oxygen atoms in total. The molecule has 0 spiro atoms. The Bertz CT molecular complexity index is 548. The van der Waals surface area contributed by atoms with Crippen LogP contribution in [0.1, 0.15) is 31.6 Å². The molecule has 4 heteroatoms. The highest BCUT2D eigenvalue weighted by atomic mass is 35.5. The number of benzene rings is 1. The Labute approximate surface area is 117 Å². The van der Waals surface area contributed by atoms with E-state index < -0.39 is 0 Å². The van der Waals surface area contributed by atoms with E-state index in [4.69, 9.17) is 27.6 Å². The number of furan rings is 1. The third-order valence-corrected chi connectivity index (χ3v) is 3.60. The molecule has 1 aromatic heterocycles. The lowest BCUT2D eigenvalue weighted by molar-refractivity contribution is 0.508. The van der Waals surface area contributed by atoms with Crippen molar-refractivity contribution in [3.63, 3.8) is 0 Å². The van der Waals surface area contributed by atoms with Crippen LogP contribution < -0.4 is 5.32 Å². The van der Waals surface area contributed by atoms with Crippen molar-refractivity contribution in [2.24, 2.45) is 0 Å². The van der Waals surface area contributed by atoms with Crippen LogP contribution in [0.2, 0.25) is 10.0 Å². The van der Waals surface area contributed by atoms with Crippen LogP contribution in [-0.2, 0) is 13.0 Å². The second kappa shape index (κ2) is 5.96. The Morgan fingerprint density at radius 2 is 1.89 bits per heavy atom. The summed E-state index contributed by atoms with van der Waals surface area (Å²) in [5.74, 6) is 0.941. The fourth-order valence-corrected chi connectivity index (χ4v) is 2.59. The van der Waals surface area contributed by atoms with Gasteiger partial charge in [-0.15, -0.1) is 0 Å². The maximum atomic E-state index is 6.25. The molecule has 0 unspecified atom stereocenters. The minimum atomic E-state index is 0.617. The van der Waals surface area contributed by atoms with Gasteiger partial charge in [0.05, 0.1) is 16.6 Å². The lowest BCUT2D eigenvalue weighted by Crippen LogP contribution is -2.14. The highest BCUT2D eigenvalue weighted by molar-refractivity contribution is 6.40. The fraction of sp³-hybridized carbons (Fsp3) is 0.429. The molecule has 1 heterocycles. The zero-order chi connectivity index (χ0) is 13.1. The summed E-state index contributed by atoms with van der Waals surface area (Å²) in [5.41, 5.74) is 1.86. The molecular formula is C14H17Cl2NO. The van der Waals surface area contributed by atoms with Gasteiger partial charge in [0.1, 0.15) is 5.76 Å². The molecule has 0 radical (unpaired) electrons. The van der Waals surface area contributed by atoms with Gasteiger partial charge in [-0.25, -0.2) is 0 Å². The highest BCUT2D eigenvalue weighted by Crippen LogP contribution is 2.36. The van der Waals surface area contributed by atoms with Crippen molar-refractivity contribution in [2.75, 3.05) is 6.54 Å². The maximum absolute atomic E-state index is 6.25. The number of halogens is 2. The van der Waals surface area contributed by atoms with Crippen molar-refractivity contribution in [3.8, 4) is 0 Å². The van der Waals surface area contributed by atoms with Crippen molar-refractivity contribution in [1.29, 1.82) is 0 Å². The van der Waals surface area contributed by atoms with E-state index in [1.807, 2.05) is 6.07 Å². The minimum Gasteiger partial charge on any atom is -0.458 e. The van der Waals surface area contributed by atoms with Crippen molar-refractivity contribution >= 4 is 34.2 Å². The molecule has 0 fully saturated rings. The average Bonchev–Trinajstić information content (AvgIpc) is 2.74. The summed E-state index contributed by atoms with van der Waals surface area (Å²) in [7, 11) is 0. The van der Waals surface area contributed by atoms with Crippen LogP contribution in [0.5, 0.6) is 0 Å². The molecule has 0 atom stereocenters. The van der Waals surface area contributed by atoms with Crippen LogP contribution in [0, 0.1) is 0 Å². The summed E-state index contributed by atoms with van der Waals surface area (Å²) in [6.07, 6.45) is 1.99. The normalized spacial score (nSPS) is 11.3. The lowest BCUT2D eigenvalue weighted by atomic mass is 10.1. The Morgan fingerprint density at radius 1 is 1.17 bits per heavy atom. The van der Waals surface area contributed by atoms with E-state index in [9.17, 15) is 0 Å². The molecule has 2 rings (SSSR count). The SMILES string of the molecule is CCCNCc1oc2c(Cl)ccc(Cl)c2c1CC. The van der Waals surface area contributed by atoms with Crippen molar-refractivity contribution in [2.45, 2.75) is 33.2 Å². The van der Waals surface area contributed by atoms with Crippen molar-refractivity contribution < 1.29 is 4.42 Å². The van der Waals surface area contributed by atoms with E-state index in [1.165, 1.54) is 0 Å². The van der Waals surface area contributed by atoms with Gasteiger partial charge in [-0.1, -0.05) is 37.0 Å². The molecule has 98 valence electrons. The summed E-state index contributed by atoms with van der Waals surface area (Å²) in [4.78, 5) is 0. The number of hydrogen-bond donors (Lipinski definition) is 1. The number of nitrogens with one attached hydrogen (secondary N) is 1. The third kappa shape index (κ3) is 2.51. The van der Waals surface area contributed by atoms with Gasteiger partial charge < -0.3 is 9.73 Å². The molecule has 1 aromatic carbocycles. The first kappa shape index (κ1) is 13.7. The molecule has 2 aromatic rings. The molecule has 0 saturated carbocycles. The van der Waals surface area contributed by atoms with Crippen molar-refractivity contribution in [3.05, 3.63) is 33.5 Å². The molecule has 0 bridgehead atoms. The van der Waals surface area contributed by atoms with E-state index in [0.717, 1.165) is 42.6 Å². The molecule has 0 aliphatic carbocycles. The van der Waals surface area contributed by atoms with Crippen LogP contribution >= 0.6 is 23.2 Å². The van der Waals surface area contributed by atoms with E-state index >= 15 is 0 Å². The van der Waals surface area contributed by atoms with Gasteiger partial charge in [0.25, 0.3) is 0 Å². The number of fused-ring (bicyclic) bond motifs is 1. The number of aryl methyl sites for hydroxylation is 1. The number of rotatable bonds is 5. The predicted molar refractivity (Wildman–Crippen MR) is 77.6 cm³/mol. The fourth-order valence-electron chi connectivity index (χ4n) is 2.13. The lowest BCUT2D eigenvalue weighted by Gasteiger charge is -2.02. The first-order chi connectivity index (χ1) is 8.69. The Morgan fingerprint density at radius 3 is 2.56 bits per heavy atom. The average molecular weight is 286 g/mol. The summed E-state index contributed by atoms with van der Waals surface area (Å²) in [6, 6.07) is 3.60. The highest BCUT2D eigenvalue weighted by Gasteiger charge is 2.17. The quantitative estimate of drug-likeness (QED) is 0.798. The number of hydrogen-bond acceptors (Lipinski definition) is 2. The Hall–Kier alpha value is -0.700. The second-order valence-corrected chi connectivity index (χ2v) is 5.08. The molecule has 0 amide bonds. The maximum Gasteiger partial charge on any atom is 0.154 e. The van der Waals surface area contributed by atoms with Crippen molar-refractivity contribution in [1.82, 2.24) is 5.32 Å². The molecule has 0 aliphatic heterocycles. The summed E-state index contributed by atoms with van der Waals surface area (Å²) in [6.45, 7) is 5.94. The van der Waals surface area contributed by atoms with Gasteiger partial charge in [-0.3, -0.25) is 0 Å². The smallest absolute Gasteiger partial charge is 0.154 e. The molecular weight excluding hydrogens is 269 g/mol. The van der Waals surface area contributed by atoms with E-state index in [-0.39, 0.29) is 0 Å². The van der Waals surface area contributed by atoms with Gasteiger partial charge in [0.15, 0.2) is 5.58 Å². The monoisotopic (exact) mass is 285 g/mol. The van der Waals surface area contributed by atoms with Gasteiger partial charge in [0, 0.05) is 10.9 Å². The van der Waals surface area contributed by atoms with Gasteiger partial charge >= 0.3 is 0 Å². The van der Waals surface area contributed by atoms with Gasteiger partial charge in [0.2, 0.25) is 0 Å². The third-order valence-electron chi connectivity index (χ3n) is 2.99.